The quantitative estimate of drug-likeness (QED) is 0.251. The van der Waals surface area contributed by atoms with Gasteiger partial charge in [-0.05, 0) is 0 Å². The van der Waals surface area contributed by atoms with E-state index in [2.05, 4.69) is 4.33 Å². The molecule has 0 aliphatic rings. The Balaban J connectivity index is -0.0000000208. The van der Waals surface area contributed by atoms with Crippen LogP contribution in [-0.2, 0) is 31.8 Å². The monoisotopic (exact) mass is 203 g/mol. The molecule has 8 heavy (non-hydrogen) atoms. The summed E-state index contributed by atoms with van der Waals surface area (Å²) in [6.45, 7) is 0. The molecule has 0 aliphatic heterocycles. The summed E-state index contributed by atoms with van der Waals surface area (Å²) in [5, 5.41) is 7.06. The first kappa shape index (κ1) is 16.1. The van der Waals surface area contributed by atoms with Gasteiger partial charge in [0.1, 0.15) is 0 Å². The van der Waals surface area contributed by atoms with E-state index in [0.717, 1.165) is 0 Å². The average molecular weight is 204 g/mol. The van der Waals surface area contributed by atoms with Crippen LogP contribution in [0.15, 0.2) is 0 Å². The van der Waals surface area contributed by atoms with E-state index in [0.29, 0.717) is 0 Å². The van der Waals surface area contributed by atoms with E-state index in [4.69, 9.17) is 18.2 Å². The molecule has 53 valence electrons. The molecule has 0 amide bonds. The summed E-state index contributed by atoms with van der Waals surface area (Å²) in [5.41, 5.74) is 0. The summed E-state index contributed by atoms with van der Waals surface area (Å²) in [7, 11) is -4.61. The minimum Gasteiger partial charge on any atom is -1.00 e. The van der Waals surface area contributed by atoms with Crippen molar-refractivity contribution in [3.8, 4) is 0 Å². The van der Waals surface area contributed by atoms with Gasteiger partial charge in [-0.15, -0.1) is 0 Å². The van der Waals surface area contributed by atoms with Gasteiger partial charge in [-0.2, -0.15) is 8.42 Å². The molecule has 0 fully saturated rings. The molecule has 0 rings (SSSR count). The molecule has 0 aromatic heterocycles. The Bertz CT molecular complexity index is 122. The molecule has 0 heterocycles. The predicted molar refractivity (Wildman–Crippen MR) is 23.2 cm³/mol. The van der Waals surface area contributed by atoms with Crippen LogP contribution in [0.1, 0.15) is 2.85 Å². The van der Waals surface area contributed by atoms with Gasteiger partial charge in [-0.3, -0.25) is 4.55 Å². The molecule has 5 nitrogen and oxygen atoms in total. The summed E-state index contributed by atoms with van der Waals surface area (Å²) >= 11 is 0. The van der Waals surface area contributed by atoms with Crippen molar-refractivity contribution < 1.29 is 42.5 Å². The van der Waals surface area contributed by atoms with Crippen LogP contribution in [0.4, 0.5) is 0 Å². The molecule has 0 aromatic carbocycles. The Hall–Kier alpha value is 1.12. The first-order valence-corrected chi connectivity index (χ1v) is 2.23. The van der Waals surface area contributed by atoms with E-state index in [-0.39, 0.29) is 43.0 Å². The third kappa shape index (κ3) is 15.7. The van der Waals surface area contributed by atoms with Crippen LogP contribution >= 0.6 is 0 Å². The first-order valence-electron chi connectivity index (χ1n) is 0.865. The van der Waals surface area contributed by atoms with Gasteiger partial charge in [0.15, 0.2) is 0 Å². The zero-order chi connectivity index (χ0) is 5.21. The fourth-order valence-corrected chi connectivity index (χ4v) is 0. The summed E-state index contributed by atoms with van der Waals surface area (Å²) in [6, 6.07) is 0. The summed E-state index contributed by atoms with van der Waals surface area (Å²) in [4.78, 5) is 0. The minimum atomic E-state index is -4.61. The molecular formula is H4CuMgO5S. The van der Waals surface area contributed by atoms with Crippen molar-refractivity contribution in [2.24, 2.45) is 0 Å². The SMILES string of the molecule is O=S(=O)(O)OO.[Cu].[H-].[H-].[Mg+2]. The smallest absolute Gasteiger partial charge is 1.00 e. The molecule has 0 unspecified atom stereocenters. The molecule has 1 radical (unpaired) electrons. The maximum absolute atomic E-state index is 9.08. The Morgan fingerprint density at radius 2 is 1.62 bits per heavy atom. The van der Waals surface area contributed by atoms with Crippen LogP contribution in [0.5, 0.6) is 0 Å². The number of hydrogen-bond donors (Lipinski definition) is 2. The Morgan fingerprint density at radius 1 is 1.50 bits per heavy atom. The van der Waals surface area contributed by atoms with E-state index >= 15 is 0 Å². The van der Waals surface area contributed by atoms with Crippen molar-refractivity contribution in [3.63, 3.8) is 0 Å². The van der Waals surface area contributed by atoms with Crippen molar-refractivity contribution in [1.82, 2.24) is 0 Å². The third-order valence-electron chi connectivity index (χ3n) is 0.0942. The largest absolute Gasteiger partial charge is 2.00 e. The molecule has 0 bridgehead atoms. The van der Waals surface area contributed by atoms with Crippen LogP contribution in [0, 0.1) is 0 Å². The Labute approximate surface area is 75.9 Å². The van der Waals surface area contributed by atoms with Crippen LogP contribution in [0.3, 0.4) is 0 Å². The average Bonchev–Trinajstić information content (AvgIpc) is 1.35. The van der Waals surface area contributed by atoms with Crippen LogP contribution < -0.4 is 0 Å². The van der Waals surface area contributed by atoms with Crippen LogP contribution in [-0.4, -0.2) is 41.3 Å². The minimum absolute atomic E-state index is 0. The zero-order valence-corrected chi connectivity index (χ0v) is 6.71. The molecule has 0 spiro atoms. The van der Waals surface area contributed by atoms with E-state index in [1.807, 2.05) is 0 Å². The van der Waals surface area contributed by atoms with E-state index in [9.17, 15) is 0 Å². The second kappa shape index (κ2) is 6.24. The molecule has 8 heteroatoms. The predicted octanol–water partition coefficient (Wildman–Crippen LogP) is -0.879. The molecule has 0 atom stereocenters. The molecule has 0 aliphatic carbocycles. The van der Waals surface area contributed by atoms with Gasteiger partial charge >= 0.3 is 33.5 Å². The zero-order valence-electron chi connectivity index (χ0n) is 5.54. The maximum Gasteiger partial charge on any atom is 2.00 e. The van der Waals surface area contributed by atoms with Crippen molar-refractivity contribution in [2.45, 2.75) is 0 Å². The standard InChI is InChI=1S/Cu.Mg.H2O5S.2H/c;;1-5-6(2,3)4;;/h;;1H,(H,2,3,4);;/q;+2;;2*-1. The van der Waals surface area contributed by atoms with E-state index < -0.39 is 10.4 Å². The molecule has 0 aromatic rings. The van der Waals surface area contributed by atoms with E-state index in [1.165, 1.54) is 0 Å². The van der Waals surface area contributed by atoms with Crippen molar-refractivity contribution in [1.29, 1.82) is 0 Å². The van der Waals surface area contributed by atoms with Gasteiger partial charge in [0.2, 0.25) is 0 Å². The molecule has 2 N–H and O–H groups in total. The van der Waals surface area contributed by atoms with Crippen LogP contribution in [0.2, 0.25) is 0 Å². The summed E-state index contributed by atoms with van der Waals surface area (Å²) < 4.78 is 28.0. The van der Waals surface area contributed by atoms with Crippen molar-refractivity contribution >= 4 is 33.5 Å². The van der Waals surface area contributed by atoms with Gasteiger partial charge in [0, 0.05) is 17.1 Å². The van der Waals surface area contributed by atoms with Gasteiger partial charge in [-0.25, -0.2) is 5.26 Å². The normalized spacial score (nSPS) is 8.75. The second-order valence-corrected chi connectivity index (χ2v) is 1.51. The molecule has 0 saturated heterocycles. The van der Waals surface area contributed by atoms with Gasteiger partial charge in [-0.1, -0.05) is 4.33 Å². The molecule has 0 saturated carbocycles. The number of hydrogen-bond acceptors (Lipinski definition) is 4. The Kier molecular flexibility index (Phi) is 12.5. The van der Waals surface area contributed by atoms with Gasteiger partial charge in [0.05, 0.1) is 0 Å². The van der Waals surface area contributed by atoms with Gasteiger partial charge in [0.25, 0.3) is 0 Å². The van der Waals surface area contributed by atoms with Crippen LogP contribution in [0.25, 0.3) is 0 Å². The first-order chi connectivity index (χ1) is 2.56. The van der Waals surface area contributed by atoms with E-state index in [1.54, 1.807) is 0 Å². The van der Waals surface area contributed by atoms with Gasteiger partial charge < -0.3 is 2.85 Å². The third-order valence-corrected chi connectivity index (χ3v) is 0.283. The fraction of sp³-hybridized carbons (Fsp3) is 0. The second-order valence-electron chi connectivity index (χ2n) is 0.502. The summed E-state index contributed by atoms with van der Waals surface area (Å²) in [6.07, 6.45) is 0. The Morgan fingerprint density at radius 3 is 1.62 bits per heavy atom. The maximum atomic E-state index is 9.08. The summed E-state index contributed by atoms with van der Waals surface area (Å²) in [5.74, 6) is 0. The fourth-order valence-electron chi connectivity index (χ4n) is 0. The number of rotatable bonds is 1. The van der Waals surface area contributed by atoms with Crippen molar-refractivity contribution in [2.75, 3.05) is 0 Å². The molecular weight excluding hydrogens is 200 g/mol. The van der Waals surface area contributed by atoms with Crippen molar-refractivity contribution in [3.05, 3.63) is 0 Å². The topological polar surface area (TPSA) is 83.8 Å².